The number of nitrogens with one attached hydrogen (secondary N) is 1. The van der Waals surface area contributed by atoms with E-state index in [-0.39, 0.29) is 31.3 Å². The Morgan fingerprint density at radius 1 is 0.906 bits per heavy atom. The van der Waals surface area contributed by atoms with Gasteiger partial charge >= 0.3 is 5.97 Å². The number of benzene rings is 3. The van der Waals surface area contributed by atoms with Crippen molar-refractivity contribution in [1.82, 2.24) is 15.1 Å². The minimum absolute atomic E-state index is 0.0331. The number of hydrogen-bond acceptors (Lipinski definition) is 8. The van der Waals surface area contributed by atoms with Gasteiger partial charge in [0.15, 0.2) is 11.5 Å². The van der Waals surface area contributed by atoms with E-state index in [2.05, 4.69) is 123 Å². The molecule has 5 heterocycles. The second-order valence-electron chi connectivity index (χ2n) is 17.7. The molecule has 0 amide bonds. The van der Waals surface area contributed by atoms with Crippen molar-refractivity contribution in [3.63, 3.8) is 0 Å². The molecule has 8 nitrogen and oxygen atoms in total. The Labute approximate surface area is 316 Å². The van der Waals surface area contributed by atoms with Crippen molar-refractivity contribution < 1.29 is 24.1 Å². The van der Waals surface area contributed by atoms with Crippen LogP contribution >= 0.6 is 0 Å². The zero-order valence-electron chi connectivity index (χ0n) is 34.2. The highest BCUT2D eigenvalue weighted by Crippen LogP contribution is 2.66. The molecule has 3 unspecified atom stereocenters. The monoisotopic (exact) mass is 721 g/mol. The molecule has 8 rings (SSSR count). The number of piperazine rings is 1. The van der Waals surface area contributed by atoms with Gasteiger partial charge in [-0.1, -0.05) is 32.0 Å². The number of aryl methyl sites for hydroxylation is 3. The lowest BCUT2D eigenvalue weighted by Crippen LogP contribution is -2.82. The second kappa shape index (κ2) is 11.8. The Kier molecular flexibility index (Phi) is 8.13. The lowest BCUT2D eigenvalue weighted by molar-refractivity contribution is -0.274. The van der Waals surface area contributed by atoms with Gasteiger partial charge in [0.1, 0.15) is 18.4 Å². The number of nitrogens with zero attached hydrogens (tertiary/aromatic N) is 2. The van der Waals surface area contributed by atoms with Gasteiger partial charge < -0.3 is 19.3 Å². The van der Waals surface area contributed by atoms with Crippen LogP contribution in [0.15, 0.2) is 18.2 Å². The number of aliphatic hydroxyl groups excluding tert-OH is 1. The molecule has 8 heteroatoms. The Morgan fingerprint density at radius 3 is 2.25 bits per heavy atom. The van der Waals surface area contributed by atoms with Crippen LogP contribution in [0.5, 0.6) is 11.5 Å². The molecule has 5 aliphatic heterocycles. The van der Waals surface area contributed by atoms with Gasteiger partial charge in [0, 0.05) is 23.6 Å². The van der Waals surface area contributed by atoms with Crippen LogP contribution in [0.4, 0.5) is 0 Å². The third kappa shape index (κ3) is 4.47. The molecule has 53 heavy (non-hydrogen) atoms. The highest BCUT2D eigenvalue weighted by Gasteiger charge is 2.70. The first-order valence-corrected chi connectivity index (χ1v) is 19.7. The van der Waals surface area contributed by atoms with E-state index in [9.17, 15) is 9.90 Å². The van der Waals surface area contributed by atoms with E-state index in [0.717, 1.165) is 40.0 Å². The Hall–Kier alpha value is -3.43. The summed E-state index contributed by atoms with van der Waals surface area (Å²) in [6, 6.07) is 6.73. The van der Waals surface area contributed by atoms with E-state index in [4.69, 9.17) is 14.2 Å². The van der Waals surface area contributed by atoms with Crippen molar-refractivity contribution in [2.24, 2.45) is 0 Å². The Bertz CT molecular complexity index is 2090. The summed E-state index contributed by atoms with van der Waals surface area (Å²) in [5.41, 5.74) is 12.4. The first-order valence-electron chi connectivity index (χ1n) is 19.7. The van der Waals surface area contributed by atoms with E-state index in [1.807, 2.05) is 0 Å². The summed E-state index contributed by atoms with van der Waals surface area (Å²) < 4.78 is 19.3. The number of likely N-dealkylation sites (N-methyl/N-ethyl adjacent to an activating group) is 1. The quantitative estimate of drug-likeness (QED) is 0.272. The molecule has 0 aliphatic carbocycles. The molecule has 1 fully saturated rings. The van der Waals surface area contributed by atoms with Gasteiger partial charge in [0.2, 0.25) is 6.79 Å². The summed E-state index contributed by atoms with van der Waals surface area (Å²) in [6.07, 6.45) is 1.22. The maximum absolute atomic E-state index is 14.9. The predicted octanol–water partition coefficient (Wildman–Crippen LogP) is 7.28. The number of fused-ring (bicyclic) bond motifs is 10. The topological polar surface area (TPSA) is 83.5 Å². The third-order valence-corrected chi connectivity index (χ3v) is 15.3. The summed E-state index contributed by atoms with van der Waals surface area (Å²) >= 11 is 0. The Morgan fingerprint density at radius 2 is 1.55 bits per heavy atom. The van der Waals surface area contributed by atoms with Crippen molar-refractivity contribution in [3.8, 4) is 11.5 Å². The molecule has 2 bridgehead atoms. The number of rotatable bonds is 4. The van der Waals surface area contributed by atoms with Crippen LogP contribution in [0.1, 0.15) is 125 Å². The van der Waals surface area contributed by atoms with Crippen LogP contribution in [0.3, 0.4) is 0 Å². The highest BCUT2D eigenvalue weighted by atomic mass is 16.7. The van der Waals surface area contributed by atoms with Gasteiger partial charge in [-0.3, -0.25) is 15.1 Å². The number of aliphatic hydroxyl groups is 1. The number of carbonyl (C=O) groups excluding carboxylic acids is 1. The minimum atomic E-state index is -0.983. The van der Waals surface area contributed by atoms with Crippen LogP contribution in [0.2, 0.25) is 0 Å². The summed E-state index contributed by atoms with van der Waals surface area (Å²) in [7, 11) is 2.20. The minimum Gasteiger partial charge on any atom is -0.462 e. The van der Waals surface area contributed by atoms with Crippen molar-refractivity contribution in [3.05, 3.63) is 90.5 Å². The number of ether oxygens (including phenoxy) is 3. The number of carbonyl (C=O) groups is 1. The van der Waals surface area contributed by atoms with Crippen molar-refractivity contribution in [1.29, 1.82) is 0 Å². The summed E-state index contributed by atoms with van der Waals surface area (Å²) in [5.74, 6) is 1.13. The molecule has 1 saturated heterocycles. The zero-order valence-corrected chi connectivity index (χ0v) is 34.2. The average molecular weight is 722 g/mol. The van der Waals surface area contributed by atoms with E-state index in [1.54, 1.807) is 0 Å². The van der Waals surface area contributed by atoms with E-state index in [1.165, 1.54) is 44.5 Å². The van der Waals surface area contributed by atoms with Crippen LogP contribution in [-0.2, 0) is 33.5 Å². The third-order valence-electron chi connectivity index (χ3n) is 15.3. The lowest BCUT2D eigenvalue weighted by Gasteiger charge is -2.72. The fourth-order valence-electron chi connectivity index (χ4n) is 11.6. The number of hydrogen-bond donors (Lipinski definition) is 2. The molecule has 2 N–H and O–H groups in total. The second-order valence-corrected chi connectivity index (χ2v) is 17.7. The molecular weight excluding hydrogens is 663 g/mol. The fourth-order valence-corrected chi connectivity index (χ4v) is 11.6. The molecule has 5 aliphatic rings. The number of esters is 1. The van der Waals surface area contributed by atoms with Crippen LogP contribution in [0, 0.1) is 48.5 Å². The van der Waals surface area contributed by atoms with Gasteiger partial charge in [0.05, 0.1) is 17.1 Å². The van der Waals surface area contributed by atoms with Gasteiger partial charge in [0.25, 0.3) is 0 Å². The van der Waals surface area contributed by atoms with Crippen LogP contribution in [-0.4, -0.2) is 65.2 Å². The van der Waals surface area contributed by atoms with E-state index < -0.39 is 28.4 Å². The summed E-state index contributed by atoms with van der Waals surface area (Å²) in [5, 5.41) is 16.8. The maximum atomic E-state index is 14.9. The molecule has 7 atom stereocenters. The molecule has 3 aromatic rings. The lowest BCUT2D eigenvalue weighted by atomic mass is 9.56. The predicted molar refractivity (Wildman–Crippen MR) is 208 cm³/mol. The first-order chi connectivity index (χ1) is 24.9. The van der Waals surface area contributed by atoms with E-state index >= 15 is 0 Å². The largest absolute Gasteiger partial charge is 0.462 e. The van der Waals surface area contributed by atoms with E-state index in [0.29, 0.717) is 25.1 Å². The fraction of sp³-hybridized carbons (Fsp3) is 0.578. The summed E-state index contributed by atoms with van der Waals surface area (Å²) in [4.78, 5) is 19.7. The molecule has 284 valence electrons. The highest BCUT2D eigenvalue weighted by molar-refractivity contribution is 5.84. The SMILES string of the molecule is CCC1(C(=O)OC[C@@]2(C)c3c4c(c(C)c(C)c3[C@@H](C)C3(C)[C@H]5c6c(cc(C)c(C)c6C)C[C@@](C)(C(O)N32)N5C)OCO4)NCCc2cc(C)c(C)cc21. The van der Waals surface area contributed by atoms with Gasteiger partial charge in [-0.2, -0.15) is 0 Å². The smallest absolute Gasteiger partial charge is 0.331 e. The first kappa shape index (κ1) is 36.5. The molecule has 0 spiro atoms. The molecule has 0 radical (unpaired) electrons. The van der Waals surface area contributed by atoms with Crippen molar-refractivity contribution in [2.45, 2.75) is 143 Å². The zero-order chi connectivity index (χ0) is 38.3. The van der Waals surface area contributed by atoms with Crippen molar-refractivity contribution in [2.75, 3.05) is 27.0 Å². The molecule has 0 aromatic heterocycles. The van der Waals surface area contributed by atoms with Crippen molar-refractivity contribution >= 4 is 5.97 Å². The molecule has 0 saturated carbocycles. The van der Waals surface area contributed by atoms with Gasteiger partial charge in [-0.05, 0) is 162 Å². The summed E-state index contributed by atoms with van der Waals surface area (Å²) in [6.45, 7) is 27.2. The van der Waals surface area contributed by atoms with Gasteiger partial charge in [-0.25, -0.2) is 4.79 Å². The maximum Gasteiger partial charge on any atom is 0.331 e. The molecule has 3 aromatic carbocycles. The average Bonchev–Trinajstić information content (AvgIpc) is 3.61. The standard InChI is InChI=1S/C45H59N3O5/c1-14-45(33-19-24(3)23(2)17-31(33)15-16-46-45)41(50)51-21-43(11)36-34(28(7)29(8)37-38(36)53-22-52-37)30(9)44(12)39-35-27(6)26(5)25(4)18-32(35)20-42(10,47(39)13)40(49)48(43)44/h17-19,30,39-40,46,49H,14-16,20-22H2,1-13H3/t30-,39-,40?,42+,43+,44?,45?/m1/s1. The normalized spacial score (nSPS) is 32.8. The van der Waals surface area contributed by atoms with Crippen LogP contribution in [0.25, 0.3) is 0 Å². The van der Waals surface area contributed by atoms with Gasteiger partial charge in [-0.15, -0.1) is 0 Å². The van der Waals surface area contributed by atoms with Crippen LogP contribution < -0.4 is 14.8 Å². The Balaban J connectivity index is 1.35. The molecular formula is C45H59N3O5.